The Morgan fingerprint density at radius 1 is 1.00 bits per heavy atom. The van der Waals surface area contributed by atoms with Crippen molar-refractivity contribution in [2.75, 3.05) is 13.3 Å². The first-order valence-electron chi connectivity index (χ1n) is 8.21. The van der Waals surface area contributed by atoms with Crippen LogP contribution >= 0.6 is 0 Å². The van der Waals surface area contributed by atoms with Crippen molar-refractivity contribution >= 4 is 5.96 Å². The molecule has 0 amide bonds. The van der Waals surface area contributed by atoms with Gasteiger partial charge in [0.1, 0.15) is 0 Å². The highest BCUT2D eigenvalue weighted by Crippen LogP contribution is 2.32. The lowest BCUT2D eigenvalue weighted by atomic mass is 10.1. The predicted octanol–water partition coefficient (Wildman–Crippen LogP) is 2.98. The Balaban J connectivity index is 1.61. The van der Waals surface area contributed by atoms with Crippen LogP contribution in [0.2, 0.25) is 0 Å². The van der Waals surface area contributed by atoms with Gasteiger partial charge in [-0.3, -0.25) is 0 Å². The van der Waals surface area contributed by atoms with E-state index in [0.717, 1.165) is 36.1 Å². The number of hydrogen-bond donors (Lipinski definition) is 2. The number of ether oxygens (including phenoxy) is 2. The molecule has 3 rings (SSSR count). The van der Waals surface area contributed by atoms with Crippen LogP contribution in [0.1, 0.15) is 23.6 Å². The van der Waals surface area contributed by atoms with Gasteiger partial charge in [-0.05, 0) is 37.1 Å². The maximum atomic E-state index is 5.41. The van der Waals surface area contributed by atoms with E-state index in [2.05, 4.69) is 53.7 Å². The van der Waals surface area contributed by atoms with Gasteiger partial charge in [0.05, 0.1) is 6.54 Å². The van der Waals surface area contributed by atoms with Crippen LogP contribution in [-0.2, 0) is 13.1 Å². The van der Waals surface area contributed by atoms with Crippen molar-refractivity contribution in [3.05, 3.63) is 59.2 Å². The molecule has 2 N–H and O–H groups in total. The lowest BCUT2D eigenvalue weighted by Gasteiger charge is -2.11. The van der Waals surface area contributed by atoms with E-state index >= 15 is 0 Å². The summed E-state index contributed by atoms with van der Waals surface area (Å²) in [5.74, 6) is 2.39. The first-order valence-corrected chi connectivity index (χ1v) is 8.21. The monoisotopic (exact) mass is 325 g/mol. The molecule has 24 heavy (non-hydrogen) atoms. The Morgan fingerprint density at radius 3 is 2.54 bits per heavy atom. The van der Waals surface area contributed by atoms with Gasteiger partial charge in [-0.25, -0.2) is 4.99 Å². The number of rotatable bonds is 5. The molecule has 0 unspecified atom stereocenters. The van der Waals surface area contributed by atoms with E-state index < -0.39 is 0 Å². The van der Waals surface area contributed by atoms with Crippen molar-refractivity contribution in [2.45, 2.75) is 26.9 Å². The second kappa shape index (κ2) is 7.73. The number of aryl methyl sites for hydroxylation is 1. The third-order valence-electron chi connectivity index (χ3n) is 3.78. The summed E-state index contributed by atoms with van der Waals surface area (Å²) in [6.45, 7) is 6.59. The lowest BCUT2D eigenvalue weighted by molar-refractivity contribution is 0.174. The van der Waals surface area contributed by atoms with Gasteiger partial charge >= 0.3 is 0 Å². The molecule has 0 saturated carbocycles. The van der Waals surface area contributed by atoms with Gasteiger partial charge in [0.15, 0.2) is 17.5 Å². The van der Waals surface area contributed by atoms with Crippen LogP contribution in [0.3, 0.4) is 0 Å². The molecule has 1 aliphatic rings. The summed E-state index contributed by atoms with van der Waals surface area (Å²) in [5.41, 5.74) is 3.59. The number of benzene rings is 2. The average molecular weight is 325 g/mol. The highest BCUT2D eigenvalue weighted by Gasteiger charge is 2.12. The van der Waals surface area contributed by atoms with Crippen molar-refractivity contribution in [1.82, 2.24) is 10.6 Å². The fourth-order valence-corrected chi connectivity index (χ4v) is 2.44. The summed E-state index contributed by atoms with van der Waals surface area (Å²) in [6.07, 6.45) is 0. The van der Waals surface area contributed by atoms with E-state index in [-0.39, 0.29) is 0 Å². The topological polar surface area (TPSA) is 54.9 Å². The molecular formula is C19H23N3O2. The van der Waals surface area contributed by atoms with Crippen LogP contribution in [0.15, 0.2) is 47.5 Å². The zero-order valence-corrected chi connectivity index (χ0v) is 14.1. The summed E-state index contributed by atoms with van der Waals surface area (Å²) < 4.78 is 10.7. The summed E-state index contributed by atoms with van der Waals surface area (Å²) in [4.78, 5) is 4.64. The number of guanidine groups is 1. The molecule has 126 valence electrons. The van der Waals surface area contributed by atoms with E-state index in [0.29, 0.717) is 13.3 Å². The van der Waals surface area contributed by atoms with Crippen LogP contribution in [-0.4, -0.2) is 19.3 Å². The van der Waals surface area contributed by atoms with Gasteiger partial charge in [0, 0.05) is 13.1 Å². The fraction of sp³-hybridized carbons (Fsp3) is 0.316. The highest BCUT2D eigenvalue weighted by atomic mass is 16.7. The third-order valence-corrected chi connectivity index (χ3v) is 3.78. The Kier molecular flexibility index (Phi) is 5.21. The van der Waals surface area contributed by atoms with Gasteiger partial charge in [-0.2, -0.15) is 0 Å². The van der Waals surface area contributed by atoms with Gasteiger partial charge < -0.3 is 20.1 Å². The molecule has 0 fully saturated rings. The number of aliphatic imine (C=N–C) groups is 1. The zero-order chi connectivity index (χ0) is 16.8. The molecule has 2 aromatic rings. The molecule has 0 atom stereocenters. The number of fused-ring (bicyclic) bond motifs is 1. The maximum absolute atomic E-state index is 5.41. The Morgan fingerprint density at radius 2 is 1.75 bits per heavy atom. The Labute approximate surface area is 142 Å². The van der Waals surface area contributed by atoms with Gasteiger partial charge in [0.25, 0.3) is 0 Å². The molecule has 0 radical (unpaired) electrons. The Hall–Kier alpha value is -2.69. The SMILES string of the molecule is CCNC(=NCc1ccc2c(c1)OCO2)NCc1ccc(C)cc1. The summed E-state index contributed by atoms with van der Waals surface area (Å²) >= 11 is 0. The molecule has 0 bridgehead atoms. The third kappa shape index (κ3) is 4.19. The van der Waals surface area contributed by atoms with Gasteiger partial charge in [0.2, 0.25) is 6.79 Å². The molecule has 0 aliphatic carbocycles. The van der Waals surface area contributed by atoms with Crippen molar-refractivity contribution in [1.29, 1.82) is 0 Å². The fourth-order valence-electron chi connectivity index (χ4n) is 2.44. The quantitative estimate of drug-likeness (QED) is 0.655. The second-order valence-corrected chi connectivity index (χ2v) is 5.72. The van der Waals surface area contributed by atoms with Crippen molar-refractivity contribution in [3.8, 4) is 11.5 Å². The molecule has 5 nitrogen and oxygen atoms in total. The summed E-state index contributed by atoms with van der Waals surface area (Å²) in [6, 6.07) is 14.4. The minimum atomic E-state index is 0.294. The van der Waals surface area contributed by atoms with Gasteiger partial charge in [-0.15, -0.1) is 0 Å². The molecular weight excluding hydrogens is 302 g/mol. The molecule has 0 saturated heterocycles. The second-order valence-electron chi connectivity index (χ2n) is 5.72. The highest BCUT2D eigenvalue weighted by molar-refractivity contribution is 5.79. The predicted molar refractivity (Wildman–Crippen MR) is 95.4 cm³/mol. The van der Waals surface area contributed by atoms with Gasteiger partial charge in [-0.1, -0.05) is 35.9 Å². The van der Waals surface area contributed by atoms with E-state index in [9.17, 15) is 0 Å². The molecule has 0 spiro atoms. The van der Waals surface area contributed by atoms with Crippen molar-refractivity contribution in [2.24, 2.45) is 4.99 Å². The average Bonchev–Trinajstić information content (AvgIpc) is 3.06. The van der Waals surface area contributed by atoms with Crippen LogP contribution in [0.4, 0.5) is 0 Å². The summed E-state index contributed by atoms with van der Waals surface area (Å²) in [7, 11) is 0. The first-order chi connectivity index (χ1) is 11.7. The van der Waals surface area contributed by atoms with Crippen molar-refractivity contribution in [3.63, 3.8) is 0 Å². The largest absolute Gasteiger partial charge is 0.454 e. The number of hydrogen-bond acceptors (Lipinski definition) is 3. The molecule has 5 heteroatoms. The minimum Gasteiger partial charge on any atom is -0.454 e. The van der Waals surface area contributed by atoms with E-state index in [1.807, 2.05) is 18.2 Å². The molecule has 0 aromatic heterocycles. The molecule has 2 aromatic carbocycles. The normalized spacial score (nSPS) is 13.0. The van der Waals surface area contributed by atoms with E-state index in [1.54, 1.807) is 0 Å². The zero-order valence-electron chi connectivity index (χ0n) is 14.1. The Bertz CT molecular complexity index is 711. The molecule has 1 heterocycles. The van der Waals surface area contributed by atoms with E-state index in [4.69, 9.17) is 9.47 Å². The number of nitrogens with zero attached hydrogens (tertiary/aromatic N) is 1. The standard InChI is InChI=1S/C19H23N3O2/c1-3-20-19(21-11-15-6-4-14(2)5-7-15)22-12-16-8-9-17-18(10-16)24-13-23-17/h4-10H,3,11-13H2,1-2H3,(H2,20,21,22). The maximum Gasteiger partial charge on any atom is 0.231 e. The number of nitrogens with one attached hydrogen (secondary N) is 2. The minimum absolute atomic E-state index is 0.294. The summed E-state index contributed by atoms with van der Waals surface area (Å²) in [5, 5.41) is 6.63. The lowest BCUT2D eigenvalue weighted by Crippen LogP contribution is -2.36. The molecule has 1 aliphatic heterocycles. The van der Waals surface area contributed by atoms with Crippen LogP contribution < -0.4 is 20.1 Å². The van der Waals surface area contributed by atoms with E-state index in [1.165, 1.54) is 11.1 Å². The van der Waals surface area contributed by atoms with Crippen molar-refractivity contribution < 1.29 is 9.47 Å². The van der Waals surface area contributed by atoms with Crippen LogP contribution in [0.25, 0.3) is 0 Å². The van der Waals surface area contributed by atoms with Crippen LogP contribution in [0.5, 0.6) is 11.5 Å². The van der Waals surface area contributed by atoms with Crippen LogP contribution in [0, 0.1) is 6.92 Å². The first kappa shape index (κ1) is 16.2. The smallest absolute Gasteiger partial charge is 0.231 e.